The average molecular weight is 473 g/mol. The van der Waals surface area contributed by atoms with Crippen LogP contribution in [0.2, 0.25) is 0 Å². The Kier molecular flexibility index (Phi) is 9.16. The molecule has 6 heteroatoms. The number of aryl methyl sites for hydroxylation is 1. The molecule has 1 heterocycles. The fourth-order valence-electron chi connectivity index (χ4n) is 3.49. The van der Waals surface area contributed by atoms with E-state index in [-0.39, 0.29) is 29.4 Å². The number of rotatable bonds is 6. The molecule has 0 aromatic heterocycles. The lowest BCUT2D eigenvalue weighted by molar-refractivity contribution is 0.241. The Morgan fingerprint density at radius 3 is 2.50 bits per heavy atom. The Labute approximate surface area is 176 Å². The van der Waals surface area contributed by atoms with Gasteiger partial charge >= 0.3 is 0 Å². The van der Waals surface area contributed by atoms with Crippen LogP contribution >= 0.6 is 24.0 Å². The summed E-state index contributed by atoms with van der Waals surface area (Å²) in [5, 5.41) is 7.08. The van der Waals surface area contributed by atoms with Crippen molar-refractivity contribution < 1.29 is 0 Å². The Bertz CT molecular complexity index is 568. The largest absolute Gasteiger partial charge is 0.369 e. The molecule has 0 aliphatic carbocycles. The van der Waals surface area contributed by atoms with Gasteiger partial charge in [0.05, 0.1) is 0 Å². The summed E-state index contributed by atoms with van der Waals surface area (Å²) < 4.78 is 0. The van der Waals surface area contributed by atoms with Gasteiger partial charge < -0.3 is 20.4 Å². The second-order valence-corrected chi connectivity index (χ2v) is 8.24. The molecule has 1 aromatic carbocycles. The summed E-state index contributed by atoms with van der Waals surface area (Å²) in [7, 11) is 6.08. The van der Waals surface area contributed by atoms with E-state index in [4.69, 9.17) is 0 Å². The van der Waals surface area contributed by atoms with E-state index in [1.54, 1.807) is 0 Å². The molecule has 1 unspecified atom stereocenters. The third kappa shape index (κ3) is 7.31. The van der Waals surface area contributed by atoms with Crippen molar-refractivity contribution in [2.24, 2.45) is 10.4 Å². The van der Waals surface area contributed by atoms with Crippen LogP contribution in [-0.4, -0.2) is 64.2 Å². The highest BCUT2D eigenvalue weighted by atomic mass is 127. The number of anilines is 1. The SMILES string of the molecule is CN=C(NCC(C)(C)CN(C)C)NC1CCN(c2ccc(C)cc2)C1.I. The lowest BCUT2D eigenvalue weighted by Crippen LogP contribution is -2.48. The first-order chi connectivity index (χ1) is 11.8. The predicted octanol–water partition coefficient (Wildman–Crippen LogP) is 2.94. The van der Waals surface area contributed by atoms with Gasteiger partial charge in [-0.1, -0.05) is 31.5 Å². The number of hydrogen-bond acceptors (Lipinski definition) is 3. The van der Waals surface area contributed by atoms with Crippen LogP contribution in [-0.2, 0) is 0 Å². The third-order valence-electron chi connectivity index (χ3n) is 4.63. The quantitative estimate of drug-likeness (QED) is 0.379. The smallest absolute Gasteiger partial charge is 0.191 e. The number of hydrogen-bond donors (Lipinski definition) is 2. The standard InChI is InChI=1S/C20H35N5.HI/c1-16-7-9-18(10-8-16)25-12-11-17(13-25)23-19(21-4)22-14-20(2,3)15-24(5)6;/h7-10,17H,11-15H2,1-6H3,(H2,21,22,23);1H. The highest BCUT2D eigenvalue weighted by molar-refractivity contribution is 14.0. The summed E-state index contributed by atoms with van der Waals surface area (Å²) in [5.41, 5.74) is 2.82. The van der Waals surface area contributed by atoms with Crippen molar-refractivity contribution in [2.75, 3.05) is 52.2 Å². The molecule has 26 heavy (non-hydrogen) atoms. The summed E-state index contributed by atoms with van der Waals surface area (Å²) in [6.45, 7) is 10.7. The molecule has 148 valence electrons. The predicted molar refractivity (Wildman–Crippen MR) is 124 cm³/mol. The fraction of sp³-hybridized carbons (Fsp3) is 0.650. The maximum absolute atomic E-state index is 4.41. The molecule has 0 saturated carbocycles. The van der Waals surface area contributed by atoms with E-state index in [2.05, 4.69) is 84.6 Å². The van der Waals surface area contributed by atoms with Crippen LogP contribution < -0.4 is 15.5 Å². The van der Waals surface area contributed by atoms with Gasteiger partial charge in [-0.2, -0.15) is 0 Å². The van der Waals surface area contributed by atoms with Gasteiger partial charge in [0, 0.05) is 45.0 Å². The van der Waals surface area contributed by atoms with Crippen LogP contribution in [0.5, 0.6) is 0 Å². The lowest BCUT2D eigenvalue weighted by Gasteiger charge is -2.29. The van der Waals surface area contributed by atoms with Gasteiger partial charge in [-0.05, 0) is 45.0 Å². The molecule has 1 saturated heterocycles. The van der Waals surface area contributed by atoms with Gasteiger partial charge in [0.15, 0.2) is 5.96 Å². The third-order valence-corrected chi connectivity index (χ3v) is 4.63. The van der Waals surface area contributed by atoms with Crippen LogP contribution in [0.25, 0.3) is 0 Å². The number of aliphatic imine (C=N–C) groups is 1. The van der Waals surface area contributed by atoms with E-state index in [0.717, 1.165) is 38.6 Å². The first-order valence-electron chi connectivity index (χ1n) is 9.22. The molecule has 1 aliphatic heterocycles. The maximum Gasteiger partial charge on any atom is 0.191 e. The highest BCUT2D eigenvalue weighted by Crippen LogP contribution is 2.20. The van der Waals surface area contributed by atoms with Crippen molar-refractivity contribution >= 4 is 35.6 Å². The van der Waals surface area contributed by atoms with E-state index < -0.39 is 0 Å². The average Bonchev–Trinajstić information content (AvgIpc) is 2.99. The first kappa shape index (κ1) is 23.0. The van der Waals surface area contributed by atoms with Crippen LogP contribution in [0.3, 0.4) is 0 Å². The van der Waals surface area contributed by atoms with Gasteiger partial charge in [-0.3, -0.25) is 4.99 Å². The molecular weight excluding hydrogens is 437 g/mol. The Morgan fingerprint density at radius 1 is 1.27 bits per heavy atom. The van der Waals surface area contributed by atoms with Crippen molar-refractivity contribution in [3.05, 3.63) is 29.8 Å². The van der Waals surface area contributed by atoms with Crippen LogP contribution in [0.15, 0.2) is 29.3 Å². The minimum absolute atomic E-state index is 0. The van der Waals surface area contributed by atoms with E-state index in [1.807, 2.05) is 7.05 Å². The molecule has 1 fully saturated rings. The summed E-state index contributed by atoms with van der Waals surface area (Å²) in [5.74, 6) is 0.905. The molecule has 1 aromatic rings. The molecule has 0 spiro atoms. The van der Waals surface area contributed by atoms with Crippen molar-refractivity contribution in [2.45, 2.75) is 33.2 Å². The van der Waals surface area contributed by atoms with Crippen molar-refractivity contribution in [3.8, 4) is 0 Å². The maximum atomic E-state index is 4.41. The topological polar surface area (TPSA) is 42.9 Å². The fourth-order valence-corrected chi connectivity index (χ4v) is 3.49. The van der Waals surface area contributed by atoms with Crippen molar-refractivity contribution in [1.29, 1.82) is 0 Å². The lowest BCUT2D eigenvalue weighted by atomic mass is 9.93. The Hall–Kier alpha value is -1.02. The molecule has 0 bridgehead atoms. The molecular formula is C20H36IN5. The zero-order valence-electron chi connectivity index (χ0n) is 17.2. The number of halogens is 1. The van der Waals surface area contributed by atoms with Crippen LogP contribution in [0.1, 0.15) is 25.8 Å². The van der Waals surface area contributed by atoms with Gasteiger partial charge in [0.25, 0.3) is 0 Å². The number of nitrogens with one attached hydrogen (secondary N) is 2. The van der Waals surface area contributed by atoms with E-state index >= 15 is 0 Å². The monoisotopic (exact) mass is 473 g/mol. The Balaban J connectivity index is 0.00000338. The second kappa shape index (κ2) is 10.3. The second-order valence-electron chi connectivity index (χ2n) is 8.24. The van der Waals surface area contributed by atoms with E-state index in [9.17, 15) is 0 Å². The van der Waals surface area contributed by atoms with Gasteiger partial charge in [-0.15, -0.1) is 24.0 Å². The number of nitrogens with zero attached hydrogens (tertiary/aromatic N) is 3. The van der Waals surface area contributed by atoms with Crippen LogP contribution in [0, 0.1) is 12.3 Å². The van der Waals surface area contributed by atoms with Gasteiger partial charge in [-0.25, -0.2) is 0 Å². The highest BCUT2D eigenvalue weighted by Gasteiger charge is 2.24. The summed E-state index contributed by atoms with van der Waals surface area (Å²) in [6, 6.07) is 9.24. The van der Waals surface area contributed by atoms with Crippen molar-refractivity contribution in [3.63, 3.8) is 0 Å². The molecule has 0 radical (unpaired) electrons. The van der Waals surface area contributed by atoms with Gasteiger partial charge in [0.1, 0.15) is 0 Å². The first-order valence-corrected chi connectivity index (χ1v) is 9.22. The molecule has 5 nitrogen and oxygen atoms in total. The molecule has 2 rings (SSSR count). The zero-order chi connectivity index (χ0) is 18.4. The van der Waals surface area contributed by atoms with Crippen LogP contribution in [0.4, 0.5) is 5.69 Å². The molecule has 0 amide bonds. The number of benzene rings is 1. The summed E-state index contributed by atoms with van der Waals surface area (Å²) >= 11 is 0. The summed E-state index contributed by atoms with van der Waals surface area (Å²) in [4.78, 5) is 9.08. The minimum Gasteiger partial charge on any atom is -0.369 e. The summed E-state index contributed by atoms with van der Waals surface area (Å²) in [6.07, 6.45) is 1.13. The minimum atomic E-state index is 0. The Morgan fingerprint density at radius 2 is 1.92 bits per heavy atom. The molecule has 2 N–H and O–H groups in total. The van der Waals surface area contributed by atoms with E-state index in [1.165, 1.54) is 11.3 Å². The van der Waals surface area contributed by atoms with Crippen molar-refractivity contribution in [1.82, 2.24) is 15.5 Å². The normalized spacial score (nSPS) is 18.0. The van der Waals surface area contributed by atoms with Gasteiger partial charge in [0.2, 0.25) is 0 Å². The van der Waals surface area contributed by atoms with E-state index in [0.29, 0.717) is 6.04 Å². The zero-order valence-corrected chi connectivity index (χ0v) is 19.5. The number of guanidine groups is 1. The molecule has 1 aliphatic rings. The molecule has 1 atom stereocenters.